The number of benzene rings is 1. The fourth-order valence-corrected chi connectivity index (χ4v) is 2.54. The predicted octanol–water partition coefficient (Wildman–Crippen LogP) is 3.53. The van der Waals surface area contributed by atoms with E-state index in [1.165, 1.54) is 24.6 Å². The Kier molecular flexibility index (Phi) is 4.33. The minimum Gasteiger partial charge on any atom is -0.314 e. The number of halogens is 2. The smallest absolute Gasteiger partial charge is 0.126 e. The predicted molar refractivity (Wildman–Crippen MR) is 69.4 cm³/mol. The van der Waals surface area contributed by atoms with Gasteiger partial charge in [0.2, 0.25) is 0 Å². The van der Waals surface area contributed by atoms with Crippen LogP contribution in [-0.2, 0) is 6.42 Å². The van der Waals surface area contributed by atoms with Gasteiger partial charge in [-0.25, -0.2) is 8.78 Å². The van der Waals surface area contributed by atoms with E-state index < -0.39 is 0 Å². The van der Waals surface area contributed by atoms with Crippen LogP contribution in [0.15, 0.2) is 18.2 Å². The SMILES string of the molecule is CC(C)NCC1CCC1Cc1cc(F)ccc1F. The van der Waals surface area contributed by atoms with Crippen LogP contribution >= 0.6 is 0 Å². The van der Waals surface area contributed by atoms with E-state index in [1.807, 2.05) is 0 Å². The molecule has 1 aliphatic rings. The lowest BCUT2D eigenvalue weighted by molar-refractivity contribution is 0.166. The van der Waals surface area contributed by atoms with Crippen LogP contribution in [0.3, 0.4) is 0 Å². The van der Waals surface area contributed by atoms with Crippen LogP contribution in [-0.4, -0.2) is 12.6 Å². The Hall–Kier alpha value is -0.960. The van der Waals surface area contributed by atoms with Gasteiger partial charge in [-0.15, -0.1) is 0 Å². The van der Waals surface area contributed by atoms with Crippen LogP contribution < -0.4 is 5.32 Å². The molecule has 1 fully saturated rings. The van der Waals surface area contributed by atoms with Crippen LogP contribution in [0.1, 0.15) is 32.3 Å². The van der Waals surface area contributed by atoms with E-state index in [0.717, 1.165) is 13.0 Å². The maximum atomic E-state index is 13.5. The van der Waals surface area contributed by atoms with Gasteiger partial charge in [0.15, 0.2) is 0 Å². The molecule has 0 spiro atoms. The molecule has 0 amide bonds. The largest absolute Gasteiger partial charge is 0.314 e. The molecule has 0 bridgehead atoms. The van der Waals surface area contributed by atoms with E-state index in [0.29, 0.717) is 29.9 Å². The zero-order chi connectivity index (χ0) is 13.1. The van der Waals surface area contributed by atoms with Crippen LogP contribution in [0.4, 0.5) is 8.78 Å². The summed E-state index contributed by atoms with van der Waals surface area (Å²) in [5.74, 6) is 0.476. The average Bonchev–Trinajstić information content (AvgIpc) is 2.28. The van der Waals surface area contributed by atoms with Crippen molar-refractivity contribution < 1.29 is 8.78 Å². The summed E-state index contributed by atoms with van der Waals surface area (Å²) in [4.78, 5) is 0. The first kappa shape index (κ1) is 13.5. The molecule has 1 nitrogen and oxygen atoms in total. The topological polar surface area (TPSA) is 12.0 Å². The zero-order valence-corrected chi connectivity index (χ0v) is 11.0. The standard InChI is InChI=1S/C15H21F2N/c1-10(2)18-9-12-4-3-11(12)7-13-8-14(16)5-6-15(13)17/h5-6,8,10-12,18H,3-4,7,9H2,1-2H3. The van der Waals surface area contributed by atoms with Crippen molar-refractivity contribution in [1.82, 2.24) is 5.32 Å². The summed E-state index contributed by atoms with van der Waals surface area (Å²) >= 11 is 0. The van der Waals surface area contributed by atoms with Crippen LogP contribution in [0, 0.1) is 23.5 Å². The van der Waals surface area contributed by atoms with Gasteiger partial charge in [-0.05, 0) is 61.4 Å². The quantitative estimate of drug-likeness (QED) is 0.846. The molecule has 1 saturated carbocycles. The monoisotopic (exact) mass is 253 g/mol. The highest BCUT2D eigenvalue weighted by molar-refractivity contribution is 5.19. The van der Waals surface area contributed by atoms with E-state index >= 15 is 0 Å². The fraction of sp³-hybridized carbons (Fsp3) is 0.600. The van der Waals surface area contributed by atoms with Crippen molar-refractivity contribution in [2.45, 2.75) is 39.2 Å². The summed E-state index contributed by atoms with van der Waals surface area (Å²) in [7, 11) is 0. The molecule has 2 unspecified atom stereocenters. The van der Waals surface area contributed by atoms with E-state index in [9.17, 15) is 8.78 Å². The first-order valence-corrected chi connectivity index (χ1v) is 6.73. The highest BCUT2D eigenvalue weighted by Crippen LogP contribution is 2.36. The molecule has 100 valence electrons. The van der Waals surface area contributed by atoms with Crippen LogP contribution in [0.2, 0.25) is 0 Å². The Morgan fingerprint density at radius 3 is 2.56 bits per heavy atom. The van der Waals surface area contributed by atoms with Crippen molar-refractivity contribution >= 4 is 0 Å². The lowest BCUT2D eigenvalue weighted by Crippen LogP contribution is -2.38. The summed E-state index contributed by atoms with van der Waals surface area (Å²) < 4.78 is 26.6. The first-order chi connectivity index (χ1) is 8.56. The van der Waals surface area contributed by atoms with Crippen molar-refractivity contribution in [3.05, 3.63) is 35.4 Å². The second kappa shape index (κ2) is 5.79. The van der Waals surface area contributed by atoms with E-state index in [2.05, 4.69) is 19.2 Å². The minimum absolute atomic E-state index is 0.279. The molecule has 3 heteroatoms. The Morgan fingerprint density at radius 2 is 1.94 bits per heavy atom. The van der Waals surface area contributed by atoms with E-state index in [4.69, 9.17) is 0 Å². The summed E-state index contributed by atoms with van der Waals surface area (Å²) in [6, 6.07) is 4.22. The lowest BCUT2D eigenvalue weighted by atomic mass is 9.70. The number of hydrogen-bond acceptors (Lipinski definition) is 1. The first-order valence-electron chi connectivity index (χ1n) is 6.73. The highest BCUT2D eigenvalue weighted by Gasteiger charge is 2.31. The molecule has 0 heterocycles. The van der Waals surface area contributed by atoms with Crippen molar-refractivity contribution in [3.8, 4) is 0 Å². The molecule has 2 atom stereocenters. The Balaban J connectivity index is 1.91. The molecular weight excluding hydrogens is 232 g/mol. The zero-order valence-electron chi connectivity index (χ0n) is 11.0. The van der Waals surface area contributed by atoms with Gasteiger partial charge in [0.1, 0.15) is 11.6 Å². The Labute approximate surface area is 108 Å². The Morgan fingerprint density at radius 1 is 1.22 bits per heavy atom. The van der Waals surface area contributed by atoms with Crippen molar-refractivity contribution in [3.63, 3.8) is 0 Å². The molecule has 1 aliphatic carbocycles. The summed E-state index contributed by atoms with van der Waals surface area (Å²) in [5, 5.41) is 3.42. The molecule has 18 heavy (non-hydrogen) atoms. The number of rotatable bonds is 5. The molecule has 1 aromatic carbocycles. The van der Waals surface area contributed by atoms with Gasteiger partial charge in [0, 0.05) is 6.04 Å². The molecule has 0 aromatic heterocycles. The highest BCUT2D eigenvalue weighted by atomic mass is 19.1. The van der Waals surface area contributed by atoms with Gasteiger partial charge < -0.3 is 5.32 Å². The Bertz CT molecular complexity index is 403. The molecule has 0 aliphatic heterocycles. The third-order valence-corrected chi connectivity index (χ3v) is 3.85. The van der Waals surface area contributed by atoms with Crippen LogP contribution in [0.5, 0.6) is 0 Å². The molecule has 1 N–H and O–H groups in total. The molecular formula is C15H21F2N. The van der Waals surface area contributed by atoms with E-state index in [-0.39, 0.29) is 11.6 Å². The number of nitrogens with one attached hydrogen (secondary N) is 1. The maximum Gasteiger partial charge on any atom is 0.126 e. The van der Waals surface area contributed by atoms with Crippen molar-refractivity contribution in [1.29, 1.82) is 0 Å². The second-order valence-corrected chi connectivity index (χ2v) is 5.60. The van der Waals surface area contributed by atoms with Crippen molar-refractivity contribution in [2.24, 2.45) is 11.8 Å². The third-order valence-electron chi connectivity index (χ3n) is 3.85. The van der Waals surface area contributed by atoms with Gasteiger partial charge in [-0.1, -0.05) is 13.8 Å². The summed E-state index contributed by atoms with van der Waals surface area (Å²) in [6.45, 7) is 5.24. The molecule has 0 radical (unpaired) electrons. The summed E-state index contributed by atoms with van der Waals surface area (Å²) in [5.41, 5.74) is 0.522. The maximum absolute atomic E-state index is 13.5. The van der Waals surface area contributed by atoms with Gasteiger partial charge in [0.05, 0.1) is 0 Å². The van der Waals surface area contributed by atoms with Crippen molar-refractivity contribution in [2.75, 3.05) is 6.54 Å². The molecule has 0 saturated heterocycles. The third kappa shape index (κ3) is 3.29. The van der Waals surface area contributed by atoms with Gasteiger partial charge >= 0.3 is 0 Å². The fourth-order valence-electron chi connectivity index (χ4n) is 2.54. The second-order valence-electron chi connectivity index (χ2n) is 5.60. The average molecular weight is 253 g/mol. The van der Waals surface area contributed by atoms with Crippen LogP contribution in [0.25, 0.3) is 0 Å². The van der Waals surface area contributed by atoms with E-state index in [1.54, 1.807) is 0 Å². The lowest BCUT2D eigenvalue weighted by Gasteiger charge is -2.37. The normalized spacial score (nSPS) is 23.2. The van der Waals surface area contributed by atoms with Gasteiger partial charge in [-0.2, -0.15) is 0 Å². The number of hydrogen-bond donors (Lipinski definition) is 1. The van der Waals surface area contributed by atoms with Gasteiger partial charge in [0.25, 0.3) is 0 Å². The summed E-state index contributed by atoms with van der Waals surface area (Å²) in [6.07, 6.45) is 2.98. The molecule has 1 aromatic rings. The van der Waals surface area contributed by atoms with Gasteiger partial charge in [-0.3, -0.25) is 0 Å². The molecule has 2 rings (SSSR count). The minimum atomic E-state index is -0.345.